The lowest BCUT2D eigenvalue weighted by atomic mass is 10.0. The molecule has 3 N–H and O–H groups in total. The molecule has 1 amide bonds. The maximum absolute atomic E-state index is 12.5. The fourth-order valence-electron chi connectivity index (χ4n) is 8.86. The maximum atomic E-state index is 12.5. The molecule has 388 valence electrons. The maximum Gasteiger partial charge on any atom is 0.305 e. The third-order valence-corrected chi connectivity index (χ3v) is 13.4. The molecule has 6 nitrogen and oxygen atoms in total. The lowest BCUT2D eigenvalue weighted by Gasteiger charge is -2.20. The molecule has 0 bridgehead atoms. The number of hydrogen-bond acceptors (Lipinski definition) is 5. The van der Waals surface area contributed by atoms with Crippen LogP contribution in [0.3, 0.4) is 0 Å². The van der Waals surface area contributed by atoms with E-state index >= 15 is 0 Å². The van der Waals surface area contributed by atoms with Crippen LogP contribution >= 0.6 is 0 Å². The molecule has 0 aliphatic heterocycles. The van der Waals surface area contributed by atoms with E-state index < -0.39 is 12.1 Å². The number of carbonyl (C=O) groups is 2. The van der Waals surface area contributed by atoms with Crippen molar-refractivity contribution >= 4 is 11.9 Å². The van der Waals surface area contributed by atoms with Gasteiger partial charge in [-0.3, -0.25) is 9.59 Å². The van der Waals surface area contributed by atoms with Crippen LogP contribution in [0.2, 0.25) is 0 Å². The van der Waals surface area contributed by atoms with Gasteiger partial charge in [-0.05, 0) is 83.5 Å². The Morgan fingerprint density at radius 3 is 1.08 bits per heavy atom. The molecular formula is C60H113NO5. The number of allylic oxidation sites excluding steroid dienone is 5. The molecule has 2 atom stereocenters. The fraction of sp³-hybridized carbons (Fsp3) is 0.867. The summed E-state index contributed by atoms with van der Waals surface area (Å²) in [6.45, 7) is 4.82. The summed E-state index contributed by atoms with van der Waals surface area (Å²) in [6.07, 6.45) is 68.8. The molecule has 0 spiro atoms. The highest BCUT2D eigenvalue weighted by Crippen LogP contribution is 2.16. The summed E-state index contributed by atoms with van der Waals surface area (Å²) in [6, 6.07) is -0.654. The summed E-state index contributed by atoms with van der Waals surface area (Å²) < 4.78 is 5.45. The zero-order valence-corrected chi connectivity index (χ0v) is 44.2. The first-order valence-electron chi connectivity index (χ1n) is 29.3. The topological polar surface area (TPSA) is 95.9 Å². The average molecular weight is 929 g/mol. The van der Waals surface area contributed by atoms with E-state index in [4.69, 9.17) is 4.74 Å². The minimum atomic E-state index is -0.867. The Labute approximate surface area is 411 Å². The van der Waals surface area contributed by atoms with E-state index in [-0.39, 0.29) is 18.5 Å². The van der Waals surface area contributed by atoms with Crippen LogP contribution in [-0.2, 0) is 14.3 Å². The van der Waals surface area contributed by atoms with E-state index in [1.807, 2.05) is 6.08 Å². The summed E-state index contributed by atoms with van der Waals surface area (Å²) in [5.74, 6) is -0.141. The molecular weight excluding hydrogens is 815 g/mol. The molecule has 66 heavy (non-hydrogen) atoms. The van der Waals surface area contributed by atoms with E-state index in [1.165, 1.54) is 205 Å². The van der Waals surface area contributed by atoms with Crippen molar-refractivity contribution in [1.29, 1.82) is 0 Å². The summed E-state index contributed by atoms with van der Waals surface area (Å²) in [5, 5.41) is 23.1. The van der Waals surface area contributed by atoms with E-state index in [9.17, 15) is 19.8 Å². The Balaban J connectivity index is 3.53. The number of nitrogens with one attached hydrogen (secondary N) is 1. The fourth-order valence-corrected chi connectivity index (χ4v) is 8.86. The first-order chi connectivity index (χ1) is 32.5. The van der Waals surface area contributed by atoms with Gasteiger partial charge in [0.05, 0.1) is 25.4 Å². The second kappa shape index (κ2) is 55.7. The van der Waals surface area contributed by atoms with Gasteiger partial charge in [0.25, 0.3) is 0 Å². The number of rotatable bonds is 54. The highest BCUT2D eigenvalue weighted by atomic mass is 16.5. The molecule has 0 aliphatic carbocycles. The van der Waals surface area contributed by atoms with Crippen molar-refractivity contribution in [3.8, 4) is 0 Å². The third kappa shape index (κ3) is 51.5. The van der Waals surface area contributed by atoms with Crippen molar-refractivity contribution in [3.63, 3.8) is 0 Å². The van der Waals surface area contributed by atoms with Crippen molar-refractivity contribution in [2.24, 2.45) is 0 Å². The first-order valence-corrected chi connectivity index (χ1v) is 29.3. The Morgan fingerprint density at radius 2 is 0.712 bits per heavy atom. The SMILES string of the molecule is CCCCCCCC/C=C\CCCCCCCCCCCC(=O)OCCCC/C=C\CCCCCCC(=O)NC(CO)C(O)/C=C/CCCCCCCCCCCCCCCCCCCC. The summed E-state index contributed by atoms with van der Waals surface area (Å²) in [4.78, 5) is 24.5. The number of hydrogen-bond donors (Lipinski definition) is 3. The van der Waals surface area contributed by atoms with Gasteiger partial charge < -0.3 is 20.3 Å². The van der Waals surface area contributed by atoms with Crippen molar-refractivity contribution in [2.45, 2.75) is 321 Å². The molecule has 0 aromatic heterocycles. The standard InChI is InChI=1S/C60H113NO5/c1-3-5-7-9-11-13-15-17-19-21-23-25-26-28-30-32-36-40-44-48-52-58(63)57(56-62)61-59(64)53-49-45-41-37-34-35-39-43-47-51-55-66-60(65)54-50-46-42-38-33-31-29-27-24-22-20-18-16-14-12-10-8-6-4-2/h18,20,35,39,48,52,57-58,62-63H,3-17,19,21-34,36-38,40-47,49-51,53-56H2,1-2H3,(H,61,64)/b20-18-,39-35-,52-48+. The van der Waals surface area contributed by atoms with Gasteiger partial charge in [-0.2, -0.15) is 0 Å². The second-order valence-corrected chi connectivity index (χ2v) is 20.0. The molecule has 6 heteroatoms. The van der Waals surface area contributed by atoms with E-state index in [1.54, 1.807) is 6.08 Å². The van der Waals surface area contributed by atoms with E-state index in [0.717, 1.165) is 77.0 Å². The van der Waals surface area contributed by atoms with Crippen molar-refractivity contribution in [3.05, 3.63) is 36.5 Å². The van der Waals surface area contributed by atoms with Crippen LogP contribution in [0.5, 0.6) is 0 Å². The van der Waals surface area contributed by atoms with Gasteiger partial charge in [0, 0.05) is 12.8 Å². The largest absolute Gasteiger partial charge is 0.466 e. The number of aliphatic hydroxyl groups is 2. The highest BCUT2D eigenvalue weighted by Gasteiger charge is 2.18. The number of ether oxygens (including phenoxy) is 1. The van der Waals surface area contributed by atoms with Crippen LogP contribution in [0.15, 0.2) is 36.5 Å². The molecule has 0 heterocycles. The molecule has 0 saturated carbocycles. The van der Waals surface area contributed by atoms with Crippen molar-refractivity contribution in [2.75, 3.05) is 13.2 Å². The summed E-state index contributed by atoms with van der Waals surface area (Å²) in [5.41, 5.74) is 0. The summed E-state index contributed by atoms with van der Waals surface area (Å²) >= 11 is 0. The molecule has 0 radical (unpaired) electrons. The third-order valence-electron chi connectivity index (χ3n) is 13.4. The first kappa shape index (κ1) is 64.1. The van der Waals surface area contributed by atoms with E-state index in [0.29, 0.717) is 19.4 Å². The minimum Gasteiger partial charge on any atom is -0.466 e. The predicted octanol–water partition coefficient (Wildman–Crippen LogP) is 18.0. The number of amides is 1. The van der Waals surface area contributed by atoms with E-state index in [2.05, 4.69) is 43.5 Å². The summed E-state index contributed by atoms with van der Waals surface area (Å²) in [7, 11) is 0. The quantitative estimate of drug-likeness (QED) is 0.0321. The van der Waals surface area contributed by atoms with Gasteiger partial charge in [-0.1, -0.05) is 249 Å². The Bertz CT molecular complexity index is 1070. The Morgan fingerprint density at radius 1 is 0.409 bits per heavy atom. The molecule has 0 rings (SSSR count). The Hall–Kier alpha value is -1.92. The van der Waals surface area contributed by atoms with Crippen LogP contribution < -0.4 is 5.32 Å². The van der Waals surface area contributed by atoms with Crippen LogP contribution in [0.4, 0.5) is 0 Å². The number of carbonyl (C=O) groups excluding carboxylic acids is 2. The van der Waals surface area contributed by atoms with Gasteiger partial charge in [0.1, 0.15) is 0 Å². The predicted molar refractivity (Wildman–Crippen MR) is 287 cm³/mol. The second-order valence-electron chi connectivity index (χ2n) is 20.0. The van der Waals surface area contributed by atoms with Crippen LogP contribution in [0, 0.1) is 0 Å². The lowest BCUT2D eigenvalue weighted by Crippen LogP contribution is -2.45. The highest BCUT2D eigenvalue weighted by molar-refractivity contribution is 5.76. The molecule has 0 fully saturated rings. The lowest BCUT2D eigenvalue weighted by molar-refractivity contribution is -0.143. The van der Waals surface area contributed by atoms with Gasteiger partial charge in [-0.25, -0.2) is 0 Å². The zero-order valence-electron chi connectivity index (χ0n) is 44.2. The van der Waals surface area contributed by atoms with Gasteiger partial charge >= 0.3 is 5.97 Å². The molecule has 0 aromatic rings. The molecule has 2 unspecified atom stereocenters. The zero-order chi connectivity index (χ0) is 47.9. The smallest absolute Gasteiger partial charge is 0.305 e. The van der Waals surface area contributed by atoms with Crippen LogP contribution in [-0.4, -0.2) is 47.4 Å². The number of aliphatic hydroxyl groups excluding tert-OH is 2. The molecule has 0 aromatic carbocycles. The average Bonchev–Trinajstić information content (AvgIpc) is 3.32. The van der Waals surface area contributed by atoms with Crippen LogP contribution in [0.1, 0.15) is 309 Å². The monoisotopic (exact) mass is 928 g/mol. The molecule has 0 saturated heterocycles. The Kier molecular flexibility index (Phi) is 54.1. The number of unbranched alkanes of at least 4 members (excludes halogenated alkanes) is 39. The van der Waals surface area contributed by atoms with Gasteiger partial charge in [0.15, 0.2) is 0 Å². The van der Waals surface area contributed by atoms with Crippen molar-refractivity contribution in [1.82, 2.24) is 5.32 Å². The van der Waals surface area contributed by atoms with Crippen molar-refractivity contribution < 1.29 is 24.5 Å². The van der Waals surface area contributed by atoms with Crippen LogP contribution in [0.25, 0.3) is 0 Å². The normalized spacial score (nSPS) is 12.8. The molecule has 0 aliphatic rings. The van der Waals surface area contributed by atoms with Gasteiger partial charge in [-0.15, -0.1) is 0 Å². The number of esters is 1. The minimum absolute atomic E-state index is 0.0386. The van der Waals surface area contributed by atoms with Gasteiger partial charge in [0.2, 0.25) is 5.91 Å².